The molecule has 0 amide bonds. The summed E-state index contributed by atoms with van der Waals surface area (Å²) in [7, 11) is 0. The zero-order chi connectivity index (χ0) is 22.1. The number of pyridine rings is 2. The van der Waals surface area contributed by atoms with Crippen molar-refractivity contribution in [2.24, 2.45) is 5.41 Å². The van der Waals surface area contributed by atoms with Crippen molar-refractivity contribution in [1.29, 1.82) is 0 Å². The van der Waals surface area contributed by atoms with E-state index in [1.54, 1.807) is 12.3 Å². The molecular weight excluding hydrogens is 380 g/mol. The molecule has 1 aliphatic heterocycles. The minimum absolute atomic E-state index is 0.0276. The molecular formula is C23H31BFN3O2. The van der Waals surface area contributed by atoms with E-state index in [-0.39, 0.29) is 29.9 Å². The Morgan fingerprint density at radius 2 is 1.93 bits per heavy atom. The summed E-state index contributed by atoms with van der Waals surface area (Å²) in [6.45, 7) is 14.6. The Morgan fingerprint density at radius 3 is 2.53 bits per heavy atom. The van der Waals surface area contributed by atoms with Gasteiger partial charge in [-0.05, 0) is 62.2 Å². The fraction of sp³-hybridized carbons (Fsp3) is 0.478. The van der Waals surface area contributed by atoms with Crippen LogP contribution < -0.4 is 10.2 Å². The van der Waals surface area contributed by atoms with E-state index in [9.17, 15) is 4.39 Å². The predicted octanol–water partition coefficient (Wildman–Crippen LogP) is 5.07. The van der Waals surface area contributed by atoms with Crippen LogP contribution in [0.4, 0.5) is 4.39 Å². The highest BCUT2D eigenvalue weighted by Crippen LogP contribution is 2.45. The van der Waals surface area contributed by atoms with E-state index < -0.39 is 0 Å². The number of halogens is 1. The van der Waals surface area contributed by atoms with E-state index in [0.29, 0.717) is 11.4 Å². The van der Waals surface area contributed by atoms with Crippen LogP contribution in [0.25, 0.3) is 5.52 Å². The van der Waals surface area contributed by atoms with Crippen LogP contribution in [0.2, 0.25) is 6.32 Å². The van der Waals surface area contributed by atoms with Crippen LogP contribution in [0.15, 0.2) is 42.9 Å². The maximum Gasteiger partial charge on any atom is 0.329 e. The molecule has 3 aromatic rings. The quantitative estimate of drug-likeness (QED) is 0.563. The van der Waals surface area contributed by atoms with Gasteiger partial charge in [0.15, 0.2) is 0 Å². The van der Waals surface area contributed by atoms with Crippen molar-refractivity contribution in [3.63, 3.8) is 0 Å². The topological polar surface area (TPSA) is 48.7 Å². The Balaban J connectivity index is 0.00000124. The molecule has 1 atom stereocenters. The second kappa shape index (κ2) is 8.38. The van der Waals surface area contributed by atoms with Crippen LogP contribution in [0.3, 0.4) is 0 Å². The zero-order valence-corrected chi connectivity index (χ0v) is 18.9. The molecule has 1 unspecified atom stereocenters. The van der Waals surface area contributed by atoms with Gasteiger partial charge in [-0.1, -0.05) is 27.7 Å². The van der Waals surface area contributed by atoms with E-state index >= 15 is 0 Å². The molecule has 1 aliphatic rings. The lowest BCUT2D eigenvalue weighted by Crippen LogP contribution is -2.36. The lowest BCUT2D eigenvalue weighted by atomic mass is 9.54. The molecule has 5 nitrogen and oxygen atoms in total. The number of fused-ring (bicyclic) bond motifs is 1. The number of aromatic nitrogens is 3. The Bertz CT molecular complexity index is 985. The van der Waals surface area contributed by atoms with Gasteiger partial charge in [0, 0.05) is 6.20 Å². The molecule has 160 valence electrons. The number of rotatable bonds is 4. The van der Waals surface area contributed by atoms with Crippen LogP contribution in [-0.2, 0) is 4.65 Å². The fourth-order valence-electron chi connectivity index (χ4n) is 3.62. The van der Waals surface area contributed by atoms with Gasteiger partial charge in [-0.25, -0.2) is 8.91 Å². The summed E-state index contributed by atoms with van der Waals surface area (Å²) in [5, 5.41) is 4.39. The second-order valence-corrected chi connectivity index (χ2v) is 8.66. The van der Waals surface area contributed by atoms with Crippen molar-refractivity contribution >= 4 is 17.9 Å². The van der Waals surface area contributed by atoms with Crippen LogP contribution in [-0.4, -0.2) is 27.1 Å². The summed E-state index contributed by atoms with van der Waals surface area (Å²) in [5.74, 6) is 0.347. The summed E-state index contributed by atoms with van der Waals surface area (Å²) in [6.07, 6.45) is 5.55. The van der Waals surface area contributed by atoms with Gasteiger partial charge in [-0.3, -0.25) is 4.98 Å². The number of nitrogens with zero attached hydrogens (tertiary/aromatic N) is 3. The average molecular weight is 411 g/mol. The molecule has 30 heavy (non-hydrogen) atoms. The van der Waals surface area contributed by atoms with E-state index in [2.05, 4.69) is 37.8 Å². The Hall–Kier alpha value is -2.41. The van der Waals surface area contributed by atoms with Crippen LogP contribution >= 0.6 is 0 Å². The molecule has 4 heterocycles. The highest BCUT2D eigenvalue weighted by molar-refractivity contribution is 6.68. The molecule has 1 fully saturated rings. The maximum atomic E-state index is 13.2. The van der Waals surface area contributed by atoms with Gasteiger partial charge in [0.2, 0.25) is 0 Å². The first-order valence-electron chi connectivity index (χ1n) is 10.6. The largest absolute Gasteiger partial charge is 0.482 e. The van der Waals surface area contributed by atoms with Gasteiger partial charge in [0.05, 0.1) is 23.7 Å². The number of hydrogen-bond donors (Lipinski definition) is 0. The lowest BCUT2D eigenvalue weighted by Gasteiger charge is -2.34. The first-order chi connectivity index (χ1) is 14.2. The van der Waals surface area contributed by atoms with Crippen molar-refractivity contribution in [2.75, 3.05) is 0 Å². The maximum absolute atomic E-state index is 13.2. The molecule has 0 spiro atoms. The monoisotopic (exact) mass is 411 g/mol. The Kier molecular flexibility index (Phi) is 6.23. The molecule has 0 radical (unpaired) electrons. The molecule has 4 rings (SSSR count). The third-order valence-corrected chi connectivity index (χ3v) is 6.10. The molecule has 0 N–H and O–H groups in total. The Morgan fingerprint density at radius 1 is 1.20 bits per heavy atom. The third kappa shape index (κ3) is 4.22. The van der Waals surface area contributed by atoms with E-state index in [1.807, 2.05) is 43.6 Å². The summed E-state index contributed by atoms with van der Waals surface area (Å²) in [5.41, 5.74) is 2.41. The second-order valence-electron chi connectivity index (χ2n) is 8.66. The molecule has 3 aromatic heterocycles. The zero-order valence-electron chi connectivity index (χ0n) is 18.9. The minimum Gasteiger partial charge on any atom is -0.482 e. The molecule has 0 saturated carbocycles. The van der Waals surface area contributed by atoms with Gasteiger partial charge in [0.25, 0.3) is 0 Å². The molecule has 7 heteroatoms. The van der Waals surface area contributed by atoms with Gasteiger partial charge in [0.1, 0.15) is 23.2 Å². The summed E-state index contributed by atoms with van der Waals surface area (Å²) in [6, 6.07) is 6.97. The molecule has 0 bridgehead atoms. The summed E-state index contributed by atoms with van der Waals surface area (Å²) in [4.78, 5) is 4.13. The normalized spacial score (nSPS) is 18.1. The summed E-state index contributed by atoms with van der Waals surface area (Å²) >= 11 is 0. The smallest absolute Gasteiger partial charge is 0.329 e. The summed E-state index contributed by atoms with van der Waals surface area (Å²) < 4.78 is 27.6. The fourth-order valence-corrected chi connectivity index (χ4v) is 3.62. The highest BCUT2D eigenvalue weighted by atomic mass is 19.1. The third-order valence-electron chi connectivity index (χ3n) is 6.10. The van der Waals surface area contributed by atoms with Crippen LogP contribution in [0, 0.1) is 11.2 Å². The van der Waals surface area contributed by atoms with E-state index in [0.717, 1.165) is 17.3 Å². The van der Waals surface area contributed by atoms with Crippen molar-refractivity contribution in [3.05, 3.63) is 54.4 Å². The average Bonchev–Trinajstić information content (AvgIpc) is 3.25. The molecule has 1 saturated heterocycles. The standard InChI is InChI=1S/C21H25BFN3O2.C2H6/c1-14(17-7-6-16(23)11-24-17)27-19-10-15(12-26-18(19)8-9-25-26)22-13-20(2,3)21(4,5)28-22;1-2/h6-12,14H,13H2,1-5H3;1-2H3. The van der Waals surface area contributed by atoms with Crippen LogP contribution in [0.1, 0.15) is 60.3 Å². The van der Waals surface area contributed by atoms with E-state index in [1.165, 1.54) is 12.3 Å². The van der Waals surface area contributed by atoms with E-state index in [4.69, 9.17) is 9.39 Å². The lowest BCUT2D eigenvalue weighted by molar-refractivity contribution is 0.0375. The number of hydrogen-bond acceptors (Lipinski definition) is 4. The first kappa shape index (κ1) is 22.3. The van der Waals surface area contributed by atoms with Gasteiger partial charge < -0.3 is 9.39 Å². The van der Waals surface area contributed by atoms with Gasteiger partial charge >= 0.3 is 6.92 Å². The van der Waals surface area contributed by atoms with Crippen LogP contribution in [0.5, 0.6) is 5.75 Å². The van der Waals surface area contributed by atoms with Crippen molar-refractivity contribution in [2.45, 2.75) is 66.5 Å². The van der Waals surface area contributed by atoms with Crippen molar-refractivity contribution in [1.82, 2.24) is 14.6 Å². The van der Waals surface area contributed by atoms with Gasteiger partial charge in [-0.2, -0.15) is 5.10 Å². The molecule has 0 aliphatic carbocycles. The highest BCUT2D eigenvalue weighted by Gasteiger charge is 2.50. The Labute approximate surface area is 178 Å². The number of ether oxygens (including phenoxy) is 1. The predicted molar refractivity (Wildman–Crippen MR) is 119 cm³/mol. The minimum atomic E-state index is -0.361. The first-order valence-corrected chi connectivity index (χ1v) is 10.6. The van der Waals surface area contributed by atoms with Gasteiger partial charge in [-0.15, -0.1) is 0 Å². The van der Waals surface area contributed by atoms with Crippen molar-refractivity contribution < 1.29 is 13.8 Å². The molecule has 0 aromatic carbocycles. The van der Waals surface area contributed by atoms with Crippen molar-refractivity contribution in [3.8, 4) is 5.75 Å². The SMILES string of the molecule is CC.CC(Oc1cc(B2CC(C)(C)C(C)(C)O2)cn2nccc12)c1ccc(F)cn1.